The summed E-state index contributed by atoms with van der Waals surface area (Å²) in [5.41, 5.74) is 0.505. The number of urea groups is 1. The Labute approximate surface area is 142 Å². The number of amides is 3. The van der Waals surface area contributed by atoms with Gasteiger partial charge in [-0.15, -0.1) is 0 Å². The lowest BCUT2D eigenvalue weighted by atomic mass is 10.1. The van der Waals surface area contributed by atoms with E-state index in [4.69, 9.17) is 11.6 Å². The van der Waals surface area contributed by atoms with Gasteiger partial charge in [-0.25, -0.2) is 4.79 Å². The summed E-state index contributed by atoms with van der Waals surface area (Å²) in [5, 5.41) is 11.6. The van der Waals surface area contributed by atoms with Crippen LogP contribution in [0.1, 0.15) is 37.6 Å². The average Bonchev–Trinajstić information content (AvgIpc) is 2.43. The Morgan fingerprint density at radius 3 is 2.48 bits per heavy atom. The van der Waals surface area contributed by atoms with E-state index in [1.54, 1.807) is 18.2 Å². The van der Waals surface area contributed by atoms with Crippen LogP contribution < -0.4 is 21.3 Å². The standard InChI is InChI=1S/C16H25ClN4O2/c1-16(2,3)21-15(23)20-11-6-7-13(17)12(10-11)14(22)19-9-5-8-18-4/h6-7,10,18H,5,8-9H2,1-4H3,(H,19,22)(H2,20,21,23). The van der Waals surface area contributed by atoms with E-state index in [1.165, 1.54) is 0 Å². The molecule has 0 unspecified atom stereocenters. The molecule has 0 saturated carbocycles. The van der Waals surface area contributed by atoms with Gasteiger partial charge in [-0.2, -0.15) is 0 Å². The van der Waals surface area contributed by atoms with Crippen molar-refractivity contribution in [2.24, 2.45) is 0 Å². The summed E-state index contributed by atoms with van der Waals surface area (Å²) < 4.78 is 0. The van der Waals surface area contributed by atoms with Crippen LogP contribution in [0.25, 0.3) is 0 Å². The fourth-order valence-corrected chi connectivity index (χ4v) is 2.05. The third-order valence-electron chi connectivity index (χ3n) is 2.85. The number of carbonyl (C=O) groups excluding carboxylic acids is 2. The maximum Gasteiger partial charge on any atom is 0.319 e. The molecule has 1 aromatic carbocycles. The molecule has 0 aliphatic carbocycles. The first kappa shape index (κ1) is 19.3. The van der Waals surface area contributed by atoms with Crippen molar-refractivity contribution < 1.29 is 9.59 Å². The second-order valence-electron chi connectivity index (χ2n) is 6.24. The molecule has 1 rings (SSSR count). The zero-order valence-electron chi connectivity index (χ0n) is 14.0. The van der Waals surface area contributed by atoms with Crippen LogP contribution in [0.2, 0.25) is 5.02 Å². The largest absolute Gasteiger partial charge is 0.352 e. The van der Waals surface area contributed by atoms with Crippen LogP contribution in [0, 0.1) is 0 Å². The molecular formula is C16H25ClN4O2. The molecule has 3 amide bonds. The Balaban J connectivity index is 2.71. The minimum Gasteiger partial charge on any atom is -0.352 e. The summed E-state index contributed by atoms with van der Waals surface area (Å²) >= 11 is 6.07. The Kier molecular flexibility index (Phi) is 7.32. The fourth-order valence-electron chi connectivity index (χ4n) is 1.84. The lowest BCUT2D eigenvalue weighted by molar-refractivity contribution is 0.0953. The zero-order valence-corrected chi connectivity index (χ0v) is 14.8. The van der Waals surface area contributed by atoms with Gasteiger partial charge in [0.1, 0.15) is 0 Å². The Morgan fingerprint density at radius 2 is 1.87 bits per heavy atom. The molecule has 0 atom stereocenters. The van der Waals surface area contributed by atoms with Crippen LogP contribution in [-0.4, -0.2) is 37.6 Å². The normalized spacial score (nSPS) is 11.0. The quantitative estimate of drug-likeness (QED) is 0.601. The number of nitrogens with one attached hydrogen (secondary N) is 4. The van der Waals surface area contributed by atoms with Gasteiger partial charge in [0.2, 0.25) is 0 Å². The van der Waals surface area contributed by atoms with Gasteiger partial charge >= 0.3 is 6.03 Å². The van der Waals surface area contributed by atoms with Gasteiger partial charge in [0.15, 0.2) is 0 Å². The fraction of sp³-hybridized carbons (Fsp3) is 0.500. The van der Waals surface area contributed by atoms with Crippen molar-refractivity contribution in [3.8, 4) is 0 Å². The smallest absolute Gasteiger partial charge is 0.319 e. The van der Waals surface area contributed by atoms with Crippen molar-refractivity contribution >= 4 is 29.2 Å². The molecular weight excluding hydrogens is 316 g/mol. The summed E-state index contributed by atoms with van der Waals surface area (Å²) in [7, 11) is 1.86. The molecule has 128 valence electrons. The molecule has 4 N–H and O–H groups in total. The number of benzene rings is 1. The molecule has 23 heavy (non-hydrogen) atoms. The number of carbonyl (C=O) groups is 2. The van der Waals surface area contributed by atoms with E-state index in [-0.39, 0.29) is 17.5 Å². The SMILES string of the molecule is CNCCCNC(=O)c1cc(NC(=O)NC(C)(C)C)ccc1Cl. The molecule has 7 heteroatoms. The highest BCUT2D eigenvalue weighted by Crippen LogP contribution is 2.20. The first-order valence-electron chi connectivity index (χ1n) is 7.54. The lowest BCUT2D eigenvalue weighted by Crippen LogP contribution is -2.43. The van der Waals surface area contributed by atoms with Crippen molar-refractivity contribution in [2.75, 3.05) is 25.5 Å². The van der Waals surface area contributed by atoms with Gasteiger partial charge in [0.25, 0.3) is 5.91 Å². The van der Waals surface area contributed by atoms with Crippen molar-refractivity contribution in [3.63, 3.8) is 0 Å². The Bertz CT molecular complexity index is 556. The van der Waals surface area contributed by atoms with E-state index in [1.807, 2.05) is 27.8 Å². The van der Waals surface area contributed by atoms with Crippen molar-refractivity contribution in [1.29, 1.82) is 0 Å². The van der Waals surface area contributed by atoms with Crippen LogP contribution in [-0.2, 0) is 0 Å². The number of rotatable bonds is 6. The van der Waals surface area contributed by atoms with E-state index < -0.39 is 0 Å². The Hall–Kier alpha value is -1.79. The van der Waals surface area contributed by atoms with E-state index in [0.717, 1.165) is 13.0 Å². The number of hydrogen-bond acceptors (Lipinski definition) is 3. The number of hydrogen-bond donors (Lipinski definition) is 4. The summed E-state index contributed by atoms with van der Waals surface area (Å²) in [4.78, 5) is 24.0. The molecule has 6 nitrogen and oxygen atoms in total. The van der Waals surface area contributed by atoms with Gasteiger partial charge in [-0.3, -0.25) is 4.79 Å². The maximum atomic E-state index is 12.2. The summed E-state index contributed by atoms with van der Waals surface area (Å²) in [5.74, 6) is -0.258. The molecule has 0 radical (unpaired) electrons. The van der Waals surface area contributed by atoms with E-state index in [0.29, 0.717) is 22.8 Å². The predicted molar refractivity (Wildman–Crippen MR) is 94.2 cm³/mol. The molecule has 0 bridgehead atoms. The Morgan fingerprint density at radius 1 is 1.17 bits per heavy atom. The predicted octanol–water partition coefficient (Wildman–Crippen LogP) is 2.60. The first-order valence-corrected chi connectivity index (χ1v) is 7.92. The minimum absolute atomic E-state index is 0.258. The molecule has 0 spiro atoms. The van der Waals surface area contributed by atoms with E-state index in [2.05, 4.69) is 21.3 Å². The van der Waals surface area contributed by atoms with Gasteiger partial charge in [0.05, 0.1) is 10.6 Å². The van der Waals surface area contributed by atoms with Gasteiger partial charge in [-0.1, -0.05) is 11.6 Å². The first-order chi connectivity index (χ1) is 10.7. The third kappa shape index (κ3) is 7.34. The molecule has 0 aliphatic heterocycles. The highest BCUT2D eigenvalue weighted by Gasteiger charge is 2.15. The monoisotopic (exact) mass is 340 g/mol. The van der Waals surface area contributed by atoms with E-state index in [9.17, 15) is 9.59 Å². The maximum absolute atomic E-state index is 12.2. The summed E-state index contributed by atoms with van der Waals surface area (Å²) in [6, 6.07) is 4.48. The van der Waals surface area contributed by atoms with Gasteiger partial charge in [-0.05, 0) is 59.0 Å². The van der Waals surface area contributed by atoms with Crippen molar-refractivity contribution in [1.82, 2.24) is 16.0 Å². The lowest BCUT2D eigenvalue weighted by Gasteiger charge is -2.21. The van der Waals surface area contributed by atoms with Crippen LogP contribution >= 0.6 is 11.6 Å². The molecule has 0 aromatic heterocycles. The molecule has 0 heterocycles. The molecule has 0 saturated heterocycles. The van der Waals surface area contributed by atoms with Crippen LogP contribution in [0.4, 0.5) is 10.5 Å². The third-order valence-corrected chi connectivity index (χ3v) is 3.18. The average molecular weight is 341 g/mol. The van der Waals surface area contributed by atoms with E-state index >= 15 is 0 Å². The number of anilines is 1. The minimum atomic E-state index is -0.343. The summed E-state index contributed by atoms with van der Waals surface area (Å²) in [6.07, 6.45) is 0.825. The van der Waals surface area contributed by atoms with Crippen molar-refractivity contribution in [2.45, 2.75) is 32.7 Å². The zero-order chi connectivity index (χ0) is 17.5. The van der Waals surface area contributed by atoms with Crippen molar-refractivity contribution in [3.05, 3.63) is 28.8 Å². The van der Waals surface area contributed by atoms with Gasteiger partial charge in [0, 0.05) is 17.8 Å². The molecule has 0 fully saturated rings. The second kappa shape index (κ2) is 8.74. The molecule has 0 aliphatic rings. The van der Waals surface area contributed by atoms with Gasteiger partial charge < -0.3 is 21.3 Å². The van der Waals surface area contributed by atoms with Crippen LogP contribution in [0.3, 0.4) is 0 Å². The highest BCUT2D eigenvalue weighted by molar-refractivity contribution is 6.34. The molecule has 1 aromatic rings. The topological polar surface area (TPSA) is 82.3 Å². The van der Waals surface area contributed by atoms with Crippen LogP contribution in [0.5, 0.6) is 0 Å². The summed E-state index contributed by atoms with van der Waals surface area (Å²) in [6.45, 7) is 7.04. The highest BCUT2D eigenvalue weighted by atomic mass is 35.5. The van der Waals surface area contributed by atoms with Crippen LogP contribution in [0.15, 0.2) is 18.2 Å². The second-order valence-corrected chi connectivity index (χ2v) is 6.64. The number of halogens is 1.